The van der Waals surface area contributed by atoms with Crippen molar-refractivity contribution in [3.05, 3.63) is 56.4 Å². The van der Waals surface area contributed by atoms with Gasteiger partial charge in [-0.05, 0) is 60.0 Å². The Morgan fingerprint density at radius 3 is 2.67 bits per heavy atom. The van der Waals surface area contributed by atoms with Gasteiger partial charge in [-0.1, -0.05) is 42.5 Å². The summed E-state index contributed by atoms with van der Waals surface area (Å²) in [6.07, 6.45) is 6.93. The molecule has 1 aliphatic rings. The Labute approximate surface area is 235 Å². The van der Waals surface area contributed by atoms with E-state index in [1.54, 1.807) is 19.2 Å². The van der Waals surface area contributed by atoms with E-state index < -0.39 is 0 Å². The molecule has 0 spiro atoms. The number of benzene rings is 1. The number of amides is 2. The maximum atomic E-state index is 12.8. The molecule has 0 atom stereocenters. The number of aromatic nitrogens is 2. The highest BCUT2D eigenvalue weighted by molar-refractivity contribution is 9.10. The van der Waals surface area contributed by atoms with E-state index in [4.69, 9.17) is 27.9 Å². The van der Waals surface area contributed by atoms with Crippen LogP contribution in [0.1, 0.15) is 43.4 Å². The number of rotatable bonds is 7. The van der Waals surface area contributed by atoms with Crippen molar-refractivity contribution < 1.29 is 14.3 Å². The molecule has 1 N–H and O–H groups in total. The molecule has 2 amide bonds. The first-order valence-electron chi connectivity index (χ1n) is 11.5. The van der Waals surface area contributed by atoms with E-state index in [0.29, 0.717) is 32.7 Å². The minimum absolute atomic E-state index is 0. The fourth-order valence-electron chi connectivity index (χ4n) is 4.29. The van der Waals surface area contributed by atoms with Gasteiger partial charge >= 0.3 is 0 Å². The van der Waals surface area contributed by atoms with Crippen molar-refractivity contribution >= 4 is 74.7 Å². The van der Waals surface area contributed by atoms with E-state index in [0.717, 1.165) is 36.0 Å². The molecule has 1 aromatic carbocycles. The summed E-state index contributed by atoms with van der Waals surface area (Å²) in [7, 11) is 1.63. The van der Waals surface area contributed by atoms with E-state index in [2.05, 4.69) is 26.2 Å². The van der Waals surface area contributed by atoms with Crippen LogP contribution in [0.25, 0.3) is 5.65 Å². The summed E-state index contributed by atoms with van der Waals surface area (Å²) in [6, 6.07) is 7.06. The fourth-order valence-corrected chi connectivity index (χ4v) is 5.27. The second-order valence-corrected chi connectivity index (χ2v) is 10.2. The van der Waals surface area contributed by atoms with Crippen LogP contribution in [-0.2, 0) is 16.2 Å². The number of imidazole rings is 1. The average molecular weight is 619 g/mol. The van der Waals surface area contributed by atoms with Crippen LogP contribution in [0.3, 0.4) is 0 Å². The smallest absolute Gasteiger partial charge is 0.246 e. The Balaban J connectivity index is 0.00000361. The molecule has 1 fully saturated rings. The van der Waals surface area contributed by atoms with Gasteiger partial charge in [-0.15, -0.1) is 12.4 Å². The molecule has 0 bridgehead atoms. The second-order valence-electron chi connectivity index (χ2n) is 8.71. The summed E-state index contributed by atoms with van der Waals surface area (Å²) in [5.41, 5.74) is 2.56. The number of fused-ring (bicyclic) bond motifs is 1. The van der Waals surface area contributed by atoms with Gasteiger partial charge in [0, 0.05) is 29.7 Å². The molecule has 2 heterocycles. The van der Waals surface area contributed by atoms with E-state index in [-0.39, 0.29) is 43.3 Å². The van der Waals surface area contributed by atoms with Crippen molar-refractivity contribution in [2.45, 2.75) is 45.6 Å². The van der Waals surface area contributed by atoms with Crippen molar-refractivity contribution in [3.8, 4) is 5.75 Å². The number of hydrogen-bond acceptors (Lipinski definition) is 4. The van der Waals surface area contributed by atoms with Crippen LogP contribution >= 0.6 is 51.5 Å². The normalized spacial score (nSPS) is 13.8. The summed E-state index contributed by atoms with van der Waals surface area (Å²) in [5, 5.41) is 3.53. The minimum Gasteiger partial charge on any atom is -0.485 e. The van der Waals surface area contributed by atoms with Crippen LogP contribution < -0.4 is 15.0 Å². The Morgan fingerprint density at radius 2 is 1.94 bits per heavy atom. The van der Waals surface area contributed by atoms with Crippen molar-refractivity contribution in [3.63, 3.8) is 0 Å². The lowest BCUT2D eigenvalue weighted by atomic mass is 9.89. The van der Waals surface area contributed by atoms with E-state index in [1.807, 2.05) is 29.7 Å². The maximum absolute atomic E-state index is 12.8. The topological polar surface area (TPSA) is 75.9 Å². The number of aryl methyl sites for hydroxylation is 1. The monoisotopic (exact) mass is 616 g/mol. The average Bonchev–Trinajstić information content (AvgIpc) is 3.16. The van der Waals surface area contributed by atoms with Crippen LogP contribution in [0.5, 0.6) is 5.75 Å². The van der Waals surface area contributed by atoms with Gasteiger partial charge in [-0.25, -0.2) is 4.98 Å². The second kappa shape index (κ2) is 12.5. The lowest BCUT2D eigenvalue weighted by Gasteiger charge is -2.23. The first-order chi connectivity index (χ1) is 16.8. The number of likely N-dealkylation sites (N-methyl/N-ethyl adjacent to an activating group) is 1. The van der Waals surface area contributed by atoms with E-state index in [1.165, 1.54) is 11.3 Å². The number of halogens is 4. The summed E-state index contributed by atoms with van der Waals surface area (Å²) in [4.78, 5) is 31.2. The van der Waals surface area contributed by atoms with Crippen LogP contribution in [0.2, 0.25) is 10.0 Å². The third-order valence-corrected chi connectivity index (χ3v) is 8.11. The van der Waals surface area contributed by atoms with E-state index >= 15 is 0 Å². The Morgan fingerprint density at radius 1 is 1.22 bits per heavy atom. The molecule has 2 aromatic heterocycles. The van der Waals surface area contributed by atoms with Crippen LogP contribution in [0.15, 0.2) is 35.1 Å². The van der Waals surface area contributed by atoms with Crippen LogP contribution in [0.4, 0.5) is 5.69 Å². The largest absolute Gasteiger partial charge is 0.485 e. The van der Waals surface area contributed by atoms with Gasteiger partial charge in [0.1, 0.15) is 11.2 Å². The number of nitrogens with zero attached hydrogens (tertiary/aromatic N) is 3. The van der Waals surface area contributed by atoms with Gasteiger partial charge in [0.05, 0.1) is 22.9 Å². The third-order valence-electron chi connectivity index (χ3n) is 6.38. The van der Waals surface area contributed by atoms with Crippen molar-refractivity contribution in [2.24, 2.45) is 5.92 Å². The highest BCUT2D eigenvalue weighted by Crippen LogP contribution is 2.35. The quantitative estimate of drug-likeness (QED) is 0.334. The molecule has 1 saturated carbocycles. The van der Waals surface area contributed by atoms with E-state index in [9.17, 15) is 9.59 Å². The van der Waals surface area contributed by atoms with Crippen molar-refractivity contribution in [2.75, 3.05) is 18.5 Å². The summed E-state index contributed by atoms with van der Waals surface area (Å²) in [6.45, 7) is 1.91. The molecule has 3 aromatic rings. The molecule has 0 unspecified atom stereocenters. The van der Waals surface area contributed by atoms with Crippen molar-refractivity contribution in [1.82, 2.24) is 14.7 Å². The molecular weight excluding hydrogens is 591 g/mol. The fraction of sp³-hybridized carbons (Fsp3) is 0.400. The lowest BCUT2D eigenvalue weighted by Crippen LogP contribution is -2.41. The van der Waals surface area contributed by atoms with Gasteiger partial charge in [0.25, 0.3) is 0 Å². The molecule has 4 rings (SSSR count). The highest BCUT2D eigenvalue weighted by Gasteiger charge is 2.23. The molecule has 11 heteroatoms. The van der Waals surface area contributed by atoms with Gasteiger partial charge in [0.15, 0.2) is 11.4 Å². The number of ether oxygens (including phenoxy) is 1. The molecular formula is C25H28BrCl3N4O3. The number of carbonyl (C=O) groups is 2. The highest BCUT2D eigenvalue weighted by atomic mass is 79.9. The number of hydrogen-bond donors (Lipinski definition) is 1. The predicted molar refractivity (Wildman–Crippen MR) is 149 cm³/mol. The Hall–Kier alpha value is -2.00. The van der Waals surface area contributed by atoms with Crippen molar-refractivity contribution in [1.29, 1.82) is 0 Å². The SMILES string of the molecule is Cc1nc2c(OCc3c(Cl)ccc(N(C)C(=O)CNC(=O)C4CCCCC4)c3Cl)cccn2c1Br.Cl. The number of anilines is 1. The lowest BCUT2D eigenvalue weighted by molar-refractivity contribution is -0.128. The summed E-state index contributed by atoms with van der Waals surface area (Å²) < 4.78 is 8.78. The molecule has 0 aliphatic heterocycles. The van der Waals surface area contributed by atoms with Gasteiger partial charge in [-0.2, -0.15) is 0 Å². The molecule has 36 heavy (non-hydrogen) atoms. The first-order valence-corrected chi connectivity index (χ1v) is 13.1. The van der Waals surface area contributed by atoms with Gasteiger partial charge < -0.3 is 15.0 Å². The van der Waals surface area contributed by atoms with Crippen LogP contribution in [0, 0.1) is 12.8 Å². The zero-order chi connectivity index (χ0) is 25.1. The Bertz CT molecular complexity index is 1260. The zero-order valence-corrected chi connectivity index (χ0v) is 23.9. The first kappa shape index (κ1) is 28.6. The minimum atomic E-state index is -0.271. The number of pyridine rings is 1. The maximum Gasteiger partial charge on any atom is 0.246 e. The predicted octanol–water partition coefficient (Wildman–Crippen LogP) is 6.37. The Kier molecular flexibility index (Phi) is 9.92. The van der Waals surface area contributed by atoms with Crippen LogP contribution in [-0.4, -0.2) is 34.8 Å². The van der Waals surface area contributed by atoms with Gasteiger partial charge in [0.2, 0.25) is 11.8 Å². The molecule has 0 radical (unpaired) electrons. The molecule has 1 aliphatic carbocycles. The van der Waals surface area contributed by atoms with Gasteiger partial charge in [-0.3, -0.25) is 14.0 Å². The molecule has 194 valence electrons. The molecule has 7 nitrogen and oxygen atoms in total. The summed E-state index contributed by atoms with van der Waals surface area (Å²) >= 11 is 16.6. The third kappa shape index (κ3) is 6.10. The molecule has 0 saturated heterocycles. The zero-order valence-electron chi connectivity index (χ0n) is 20.0. The standard InChI is InChI=1S/C25H27BrCl2N4O3.ClH/c1-15-23(26)32-12-6-9-20(24(32)30-15)35-14-17-18(27)10-11-19(22(17)28)31(2)21(33)13-29-25(34)16-7-4-3-5-8-16;/h6,9-12,16H,3-5,7-8,13-14H2,1-2H3,(H,29,34);1H. The summed E-state index contributed by atoms with van der Waals surface area (Å²) in [5.74, 6) is 0.243. The number of carbonyl (C=O) groups excluding carboxylic acids is 2. The number of nitrogens with one attached hydrogen (secondary N) is 1.